The summed E-state index contributed by atoms with van der Waals surface area (Å²) in [4.78, 5) is 12.2. The van der Waals surface area contributed by atoms with Crippen molar-refractivity contribution in [2.75, 3.05) is 13.2 Å². The van der Waals surface area contributed by atoms with Crippen molar-refractivity contribution in [3.63, 3.8) is 0 Å². The van der Waals surface area contributed by atoms with E-state index in [-0.39, 0.29) is 23.7 Å². The number of carbonyl (C=O) groups excluding carboxylic acids is 1. The molecule has 8 nitrogen and oxygen atoms in total. The van der Waals surface area contributed by atoms with Gasteiger partial charge in [-0.1, -0.05) is 19.3 Å². The molecule has 1 N–H and O–H groups in total. The molecule has 0 radical (unpaired) electrons. The highest BCUT2D eigenvalue weighted by atomic mass is 32.3. The van der Waals surface area contributed by atoms with Crippen LogP contribution in [-0.4, -0.2) is 32.2 Å². The molecule has 2 aromatic rings. The van der Waals surface area contributed by atoms with Gasteiger partial charge in [-0.3, -0.25) is 4.55 Å². The number of rotatable bonds is 7. The van der Waals surface area contributed by atoms with Gasteiger partial charge in [0.05, 0.1) is 13.2 Å². The fourth-order valence-electron chi connectivity index (χ4n) is 3.54. The molecule has 1 aromatic heterocycles. The van der Waals surface area contributed by atoms with Gasteiger partial charge >= 0.3 is 16.4 Å². The number of aryl methyl sites for hydroxylation is 1. The molecule has 1 aliphatic rings. The van der Waals surface area contributed by atoms with Crippen molar-refractivity contribution in [3.05, 3.63) is 23.5 Å². The first-order valence-corrected chi connectivity index (χ1v) is 10.7. The van der Waals surface area contributed by atoms with Gasteiger partial charge in [-0.2, -0.15) is 8.42 Å². The van der Waals surface area contributed by atoms with Crippen molar-refractivity contribution in [1.82, 2.24) is 0 Å². The Hall–Kier alpha value is -2.26. The summed E-state index contributed by atoms with van der Waals surface area (Å²) in [6.07, 6.45) is 5.58. The standard InChI is InChI=1S/C19H24O8S/c1-3-24-19(20)18-12(2)26-15-10-16(25-11-13-7-5-4-6-8-13)17(9-14(15)18)27-28(21,22)23/h9-10,13H,3-8,11H2,1-2H3,(H,21,22,23). The van der Waals surface area contributed by atoms with E-state index in [4.69, 9.17) is 22.6 Å². The zero-order valence-corrected chi connectivity index (χ0v) is 16.7. The van der Waals surface area contributed by atoms with E-state index in [1.54, 1.807) is 13.8 Å². The highest BCUT2D eigenvalue weighted by Crippen LogP contribution is 2.38. The Labute approximate surface area is 163 Å². The van der Waals surface area contributed by atoms with Crippen LogP contribution in [0.3, 0.4) is 0 Å². The smallest absolute Gasteiger partial charge is 0.446 e. The molecule has 1 heterocycles. The Balaban J connectivity index is 1.98. The predicted octanol–water partition coefficient (Wildman–Crippen LogP) is 4.06. The topological polar surface area (TPSA) is 112 Å². The lowest BCUT2D eigenvalue weighted by Crippen LogP contribution is -2.16. The van der Waals surface area contributed by atoms with Crippen LogP contribution in [0, 0.1) is 12.8 Å². The highest BCUT2D eigenvalue weighted by Gasteiger charge is 2.24. The van der Waals surface area contributed by atoms with E-state index in [1.807, 2.05) is 0 Å². The summed E-state index contributed by atoms with van der Waals surface area (Å²) < 4.78 is 52.9. The second kappa shape index (κ2) is 8.40. The molecule has 0 atom stereocenters. The first-order valence-electron chi connectivity index (χ1n) is 9.32. The van der Waals surface area contributed by atoms with Crippen LogP contribution in [0.1, 0.15) is 55.1 Å². The number of carbonyl (C=O) groups is 1. The summed E-state index contributed by atoms with van der Waals surface area (Å²) in [7, 11) is -4.77. The number of hydrogen-bond acceptors (Lipinski definition) is 7. The molecule has 1 aliphatic carbocycles. The maximum absolute atomic E-state index is 12.2. The minimum Gasteiger partial charge on any atom is -0.489 e. The van der Waals surface area contributed by atoms with Crippen LogP contribution in [0.2, 0.25) is 0 Å². The summed E-state index contributed by atoms with van der Waals surface area (Å²) in [5, 5.41) is 0.319. The molecule has 1 fully saturated rings. The van der Waals surface area contributed by atoms with Crippen LogP contribution >= 0.6 is 0 Å². The average Bonchev–Trinajstić information content (AvgIpc) is 2.94. The van der Waals surface area contributed by atoms with Gasteiger partial charge in [0.15, 0.2) is 11.5 Å². The average molecular weight is 412 g/mol. The molecule has 0 spiro atoms. The van der Waals surface area contributed by atoms with E-state index in [0.717, 1.165) is 25.7 Å². The van der Waals surface area contributed by atoms with Crippen molar-refractivity contribution in [2.24, 2.45) is 5.92 Å². The van der Waals surface area contributed by atoms with Gasteiger partial charge in [-0.15, -0.1) is 0 Å². The van der Waals surface area contributed by atoms with E-state index >= 15 is 0 Å². The minimum atomic E-state index is -4.77. The SMILES string of the molecule is CCOC(=O)c1c(C)oc2cc(OCC3CCCCC3)c(OS(=O)(=O)O)cc12. The third kappa shape index (κ3) is 4.77. The normalized spacial score (nSPS) is 15.5. The molecule has 1 saturated carbocycles. The lowest BCUT2D eigenvalue weighted by Gasteiger charge is -2.22. The molecule has 0 unspecified atom stereocenters. The second-order valence-electron chi connectivity index (χ2n) is 6.87. The number of furan rings is 1. The molecule has 154 valence electrons. The number of esters is 1. The fraction of sp³-hybridized carbons (Fsp3) is 0.526. The van der Waals surface area contributed by atoms with Gasteiger partial charge in [-0.05, 0) is 38.7 Å². The molecule has 0 aliphatic heterocycles. The minimum absolute atomic E-state index is 0.125. The quantitative estimate of drug-likeness (QED) is 0.535. The Morgan fingerprint density at radius 2 is 1.93 bits per heavy atom. The summed E-state index contributed by atoms with van der Waals surface area (Å²) in [5.74, 6) is 0.0246. The predicted molar refractivity (Wildman–Crippen MR) is 101 cm³/mol. The molecule has 0 amide bonds. The summed E-state index contributed by atoms with van der Waals surface area (Å²) in [6, 6.07) is 2.77. The van der Waals surface area contributed by atoms with E-state index in [2.05, 4.69) is 0 Å². The number of fused-ring (bicyclic) bond motifs is 1. The Kier molecular flexibility index (Phi) is 6.14. The van der Waals surface area contributed by atoms with Crippen molar-refractivity contribution >= 4 is 27.3 Å². The largest absolute Gasteiger partial charge is 0.489 e. The van der Waals surface area contributed by atoms with Crippen LogP contribution in [0.4, 0.5) is 0 Å². The molecule has 1 aromatic carbocycles. The third-order valence-electron chi connectivity index (χ3n) is 4.80. The van der Waals surface area contributed by atoms with Crippen molar-refractivity contribution in [3.8, 4) is 11.5 Å². The van der Waals surface area contributed by atoms with Gasteiger partial charge in [0, 0.05) is 11.5 Å². The van der Waals surface area contributed by atoms with Gasteiger partial charge in [0.25, 0.3) is 0 Å². The molecule has 0 saturated heterocycles. The van der Waals surface area contributed by atoms with Crippen LogP contribution in [0.15, 0.2) is 16.5 Å². The molecular formula is C19H24O8S. The van der Waals surface area contributed by atoms with Crippen LogP contribution in [0.5, 0.6) is 11.5 Å². The number of ether oxygens (including phenoxy) is 2. The van der Waals surface area contributed by atoms with Crippen LogP contribution in [-0.2, 0) is 15.1 Å². The van der Waals surface area contributed by atoms with Crippen molar-refractivity contribution in [1.29, 1.82) is 0 Å². The zero-order valence-electron chi connectivity index (χ0n) is 15.9. The molecule has 3 rings (SSSR count). The summed E-state index contributed by atoms with van der Waals surface area (Å²) in [5.41, 5.74) is 0.512. The highest BCUT2D eigenvalue weighted by molar-refractivity contribution is 7.81. The van der Waals surface area contributed by atoms with Crippen molar-refractivity contribution < 1.29 is 35.8 Å². The van der Waals surface area contributed by atoms with Gasteiger partial charge < -0.3 is 18.1 Å². The number of benzene rings is 1. The maximum Gasteiger partial charge on any atom is 0.446 e. The van der Waals surface area contributed by atoms with Gasteiger partial charge in [0.1, 0.15) is 16.9 Å². The van der Waals surface area contributed by atoms with Crippen molar-refractivity contribution in [2.45, 2.75) is 46.0 Å². The van der Waals surface area contributed by atoms with E-state index in [9.17, 15) is 13.2 Å². The second-order valence-corrected chi connectivity index (χ2v) is 7.90. The first-order chi connectivity index (χ1) is 13.3. The Bertz CT molecular complexity index is 954. The summed E-state index contributed by atoms with van der Waals surface area (Å²) >= 11 is 0. The lowest BCUT2D eigenvalue weighted by molar-refractivity contribution is 0.0526. The summed E-state index contributed by atoms with van der Waals surface area (Å²) in [6.45, 7) is 3.87. The molecule has 9 heteroatoms. The zero-order chi connectivity index (χ0) is 20.3. The van der Waals surface area contributed by atoms with Gasteiger partial charge in [-0.25, -0.2) is 4.79 Å². The van der Waals surface area contributed by atoms with Crippen LogP contribution in [0.25, 0.3) is 11.0 Å². The Morgan fingerprint density at radius 1 is 1.21 bits per heavy atom. The molecule has 0 bridgehead atoms. The third-order valence-corrected chi connectivity index (χ3v) is 5.19. The van der Waals surface area contributed by atoms with Crippen LogP contribution < -0.4 is 8.92 Å². The molecular weight excluding hydrogens is 388 g/mol. The number of hydrogen-bond donors (Lipinski definition) is 1. The van der Waals surface area contributed by atoms with E-state index in [0.29, 0.717) is 29.3 Å². The monoisotopic (exact) mass is 412 g/mol. The maximum atomic E-state index is 12.2. The van der Waals surface area contributed by atoms with Gasteiger partial charge in [0.2, 0.25) is 0 Å². The first kappa shape index (κ1) is 20.5. The molecule has 28 heavy (non-hydrogen) atoms. The Morgan fingerprint density at radius 3 is 2.57 bits per heavy atom. The fourth-order valence-corrected chi connectivity index (χ4v) is 3.89. The lowest BCUT2D eigenvalue weighted by atomic mass is 9.90. The van der Waals surface area contributed by atoms with E-state index < -0.39 is 16.4 Å². The van der Waals surface area contributed by atoms with E-state index in [1.165, 1.54) is 18.6 Å².